The van der Waals surface area contributed by atoms with Gasteiger partial charge in [-0.2, -0.15) is 11.3 Å². The zero-order valence-corrected chi connectivity index (χ0v) is 12.7. The van der Waals surface area contributed by atoms with Gasteiger partial charge in [0.25, 0.3) is 0 Å². The highest BCUT2D eigenvalue weighted by molar-refractivity contribution is 7.08. The van der Waals surface area contributed by atoms with Crippen LogP contribution in [0.25, 0.3) is 0 Å². The zero-order valence-electron chi connectivity index (χ0n) is 11.9. The first-order valence-corrected chi connectivity index (χ1v) is 8.14. The van der Waals surface area contributed by atoms with Crippen molar-refractivity contribution in [3.05, 3.63) is 21.9 Å². The van der Waals surface area contributed by atoms with Gasteiger partial charge in [-0.3, -0.25) is 0 Å². The molecule has 1 heterocycles. The van der Waals surface area contributed by atoms with Crippen molar-refractivity contribution in [1.82, 2.24) is 5.32 Å². The maximum Gasteiger partial charge on any atom is 0.0216 e. The van der Waals surface area contributed by atoms with Crippen molar-refractivity contribution in [1.29, 1.82) is 0 Å². The summed E-state index contributed by atoms with van der Waals surface area (Å²) in [5.74, 6) is 0.838. The van der Waals surface area contributed by atoms with Crippen molar-refractivity contribution >= 4 is 11.3 Å². The van der Waals surface area contributed by atoms with Crippen LogP contribution in [0.4, 0.5) is 0 Å². The number of nitrogens with one attached hydrogen (secondary N) is 1. The van der Waals surface area contributed by atoms with E-state index in [9.17, 15) is 0 Å². The Kier molecular flexibility index (Phi) is 8.31. The summed E-state index contributed by atoms with van der Waals surface area (Å²) in [7, 11) is 0. The number of hydrogen-bond acceptors (Lipinski definition) is 3. The third-order valence-corrected chi connectivity index (χ3v) is 4.43. The topological polar surface area (TPSA) is 38.0 Å². The molecule has 1 rings (SSSR count). The van der Waals surface area contributed by atoms with Gasteiger partial charge in [0.05, 0.1) is 0 Å². The van der Waals surface area contributed by atoms with Crippen LogP contribution in [-0.4, -0.2) is 13.1 Å². The fraction of sp³-hybridized carbons (Fsp3) is 0.733. The Balaban J connectivity index is 2.08. The van der Waals surface area contributed by atoms with Crippen LogP contribution < -0.4 is 11.1 Å². The Morgan fingerprint density at radius 3 is 2.72 bits per heavy atom. The van der Waals surface area contributed by atoms with Gasteiger partial charge in [-0.15, -0.1) is 0 Å². The van der Waals surface area contributed by atoms with Gasteiger partial charge < -0.3 is 11.1 Å². The average molecular weight is 268 g/mol. The predicted molar refractivity (Wildman–Crippen MR) is 82.1 cm³/mol. The molecule has 0 aliphatic carbocycles. The van der Waals surface area contributed by atoms with Crippen molar-refractivity contribution in [3.8, 4) is 0 Å². The van der Waals surface area contributed by atoms with E-state index in [2.05, 4.69) is 29.9 Å². The lowest BCUT2D eigenvalue weighted by molar-refractivity contribution is 0.403. The van der Waals surface area contributed by atoms with Gasteiger partial charge in [-0.1, -0.05) is 19.8 Å². The molecular weight excluding hydrogens is 240 g/mol. The first kappa shape index (κ1) is 15.7. The molecule has 18 heavy (non-hydrogen) atoms. The third-order valence-electron chi connectivity index (χ3n) is 3.51. The van der Waals surface area contributed by atoms with Crippen LogP contribution in [-0.2, 0) is 6.54 Å². The predicted octanol–water partition coefficient (Wildman–Crippen LogP) is 3.69. The monoisotopic (exact) mass is 268 g/mol. The minimum atomic E-state index is 0.838. The Labute approximate surface area is 116 Å². The Morgan fingerprint density at radius 2 is 2.11 bits per heavy atom. The Bertz CT molecular complexity index is 303. The summed E-state index contributed by atoms with van der Waals surface area (Å²) in [5.41, 5.74) is 8.52. The normalized spacial score (nSPS) is 12.8. The van der Waals surface area contributed by atoms with Gasteiger partial charge >= 0.3 is 0 Å². The van der Waals surface area contributed by atoms with Gasteiger partial charge in [0, 0.05) is 6.54 Å². The average Bonchev–Trinajstić information content (AvgIpc) is 2.75. The minimum Gasteiger partial charge on any atom is -0.330 e. The first-order valence-electron chi connectivity index (χ1n) is 7.20. The molecular formula is C15H28N2S. The van der Waals surface area contributed by atoms with Crippen LogP contribution in [0.15, 0.2) is 10.8 Å². The SMILES string of the molecule is CCCC(CCN)CCCNCc1cscc1C. The highest BCUT2D eigenvalue weighted by atomic mass is 32.1. The molecule has 0 radical (unpaired) electrons. The summed E-state index contributed by atoms with van der Waals surface area (Å²) in [6.07, 6.45) is 6.40. The molecule has 0 aliphatic heterocycles. The molecule has 2 nitrogen and oxygen atoms in total. The molecule has 0 aliphatic rings. The summed E-state index contributed by atoms with van der Waals surface area (Å²) < 4.78 is 0. The molecule has 3 heteroatoms. The molecule has 1 unspecified atom stereocenters. The lowest BCUT2D eigenvalue weighted by atomic mass is 9.94. The number of aryl methyl sites for hydroxylation is 1. The van der Waals surface area contributed by atoms with E-state index in [-0.39, 0.29) is 0 Å². The molecule has 0 bridgehead atoms. The van der Waals surface area contributed by atoms with Gasteiger partial charge in [-0.25, -0.2) is 0 Å². The van der Waals surface area contributed by atoms with Crippen LogP contribution in [0.2, 0.25) is 0 Å². The second-order valence-corrected chi connectivity index (χ2v) is 5.87. The second-order valence-electron chi connectivity index (χ2n) is 5.13. The third kappa shape index (κ3) is 5.98. The van der Waals surface area contributed by atoms with E-state index in [4.69, 9.17) is 5.73 Å². The number of thiophene rings is 1. The quantitative estimate of drug-likeness (QED) is 0.635. The van der Waals surface area contributed by atoms with Gasteiger partial charge in [-0.05, 0) is 67.1 Å². The van der Waals surface area contributed by atoms with Gasteiger partial charge in [0.15, 0.2) is 0 Å². The van der Waals surface area contributed by atoms with Crippen molar-refractivity contribution < 1.29 is 0 Å². The smallest absolute Gasteiger partial charge is 0.0216 e. The maximum absolute atomic E-state index is 5.66. The minimum absolute atomic E-state index is 0.838. The maximum atomic E-state index is 5.66. The van der Waals surface area contributed by atoms with Crippen LogP contribution in [0.1, 0.15) is 50.2 Å². The van der Waals surface area contributed by atoms with E-state index in [1.165, 1.54) is 43.2 Å². The van der Waals surface area contributed by atoms with Crippen LogP contribution in [0.3, 0.4) is 0 Å². The summed E-state index contributed by atoms with van der Waals surface area (Å²) >= 11 is 1.79. The van der Waals surface area contributed by atoms with Crippen molar-refractivity contribution in [2.75, 3.05) is 13.1 Å². The standard InChI is InChI=1S/C15H28N2S/c1-3-5-14(7-8-16)6-4-9-17-10-15-12-18-11-13(15)2/h11-12,14,17H,3-10,16H2,1-2H3. The lowest BCUT2D eigenvalue weighted by Gasteiger charge is -2.15. The number of nitrogens with two attached hydrogens (primary N) is 1. The number of hydrogen-bond donors (Lipinski definition) is 2. The second kappa shape index (κ2) is 9.54. The van der Waals surface area contributed by atoms with E-state index in [1.54, 1.807) is 11.3 Å². The first-order chi connectivity index (χ1) is 8.77. The molecule has 104 valence electrons. The molecule has 0 saturated carbocycles. The zero-order chi connectivity index (χ0) is 13.2. The van der Waals surface area contributed by atoms with Crippen LogP contribution in [0.5, 0.6) is 0 Å². The molecule has 0 saturated heterocycles. The molecule has 1 aromatic rings. The Hall–Kier alpha value is -0.380. The molecule has 0 spiro atoms. The van der Waals surface area contributed by atoms with Crippen LogP contribution >= 0.6 is 11.3 Å². The van der Waals surface area contributed by atoms with Crippen molar-refractivity contribution in [2.24, 2.45) is 11.7 Å². The molecule has 3 N–H and O–H groups in total. The van der Waals surface area contributed by atoms with E-state index >= 15 is 0 Å². The summed E-state index contributed by atoms with van der Waals surface area (Å²) in [4.78, 5) is 0. The van der Waals surface area contributed by atoms with Gasteiger partial charge in [0.2, 0.25) is 0 Å². The molecule has 1 atom stereocenters. The van der Waals surface area contributed by atoms with E-state index < -0.39 is 0 Å². The highest BCUT2D eigenvalue weighted by Crippen LogP contribution is 2.17. The summed E-state index contributed by atoms with van der Waals surface area (Å²) in [6.45, 7) is 7.43. The summed E-state index contributed by atoms with van der Waals surface area (Å²) in [5, 5.41) is 8.01. The van der Waals surface area contributed by atoms with Gasteiger partial charge in [0.1, 0.15) is 0 Å². The molecule has 0 fully saturated rings. The fourth-order valence-corrected chi connectivity index (χ4v) is 3.24. The molecule has 1 aromatic heterocycles. The fourth-order valence-electron chi connectivity index (χ4n) is 2.38. The number of rotatable bonds is 10. The van der Waals surface area contributed by atoms with Crippen LogP contribution in [0, 0.1) is 12.8 Å². The highest BCUT2D eigenvalue weighted by Gasteiger charge is 2.06. The lowest BCUT2D eigenvalue weighted by Crippen LogP contribution is -2.17. The van der Waals surface area contributed by atoms with E-state index in [1.807, 2.05) is 0 Å². The van der Waals surface area contributed by atoms with E-state index in [0.717, 1.165) is 25.6 Å². The molecule has 0 aromatic carbocycles. The van der Waals surface area contributed by atoms with Crippen molar-refractivity contribution in [3.63, 3.8) is 0 Å². The van der Waals surface area contributed by atoms with Crippen molar-refractivity contribution in [2.45, 2.75) is 52.5 Å². The molecule has 0 amide bonds. The van der Waals surface area contributed by atoms with E-state index in [0.29, 0.717) is 0 Å². The summed E-state index contributed by atoms with van der Waals surface area (Å²) in [6, 6.07) is 0. The largest absolute Gasteiger partial charge is 0.330 e. The Morgan fingerprint density at radius 1 is 1.28 bits per heavy atom.